The monoisotopic (exact) mass is 315 g/mol. The third-order valence-corrected chi connectivity index (χ3v) is 3.69. The minimum absolute atomic E-state index is 0.0149. The van der Waals surface area contributed by atoms with Crippen molar-refractivity contribution in [3.8, 4) is 0 Å². The van der Waals surface area contributed by atoms with Crippen molar-refractivity contribution in [3.63, 3.8) is 0 Å². The van der Waals surface area contributed by atoms with Gasteiger partial charge in [0.05, 0.1) is 0 Å². The summed E-state index contributed by atoms with van der Waals surface area (Å²) < 4.78 is 0. The number of amides is 1. The van der Waals surface area contributed by atoms with Crippen LogP contribution in [-0.4, -0.2) is 24.2 Å². The third-order valence-electron chi connectivity index (χ3n) is 3.22. The van der Waals surface area contributed by atoms with Crippen LogP contribution in [0.5, 0.6) is 0 Å². The minimum atomic E-state index is -0.0917. The fourth-order valence-electron chi connectivity index (χ4n) is 1.96. The van der Waals surface area contributed by atoms with Gasteiger partial charge in [0.1, 0.15) is 0 Å². The second-order valence-corrected chi connectivity index (χ2v) is 5.44. The maximum absolute atomic E-state index is 12.2. The van der Waals surface area contributed by atoms with Crippen molar-refractivity contribution < 1.29 is 4.79 Å². The van der Waals surface area contributed by atoms with Gasteiger partial charge in [0.25, 0.3) is 5.91 Å². The standard InChI is InChI=1S/C17H21N3OS/c18-15(12-22)11-19-16-8-4-7-14(9-16)17(21)20-10-13-5-2-1-3-6-13/h1-9,15,19,22H,10-12,18H2,(H,20,21)/t15-/m1/s1. The summed E-state index contributed by atoms with van der Waals surface area (Å²) in [6.07, 6.45) is 0. The van der Waals surface area contributed by atoms with E-state index < -0.39 is 0 Å². The van der Waals surface area contributed by atoms with Gasteiger partial charge < -0.3 is 16.4 Å². The van der Waals surface area contributed by atoms with Crippen molar-refractivity contribution >= 4 is 24.2 Å². The SMILES string of the molecule is N[C@@H](CS)CNc1cccc(C(=O)NCc2ccccc2)c1. The molecule has 0 radical (unpaired) electrons. The molecule has 22 heavy (non-hydrogen) atoms. The van der Waals surface area contributed by atoms with Gasteiger partial charge in [-0.2, -0.15) is 12.6 Å². The van der Waals surface area contributed by atoms with E-state index in [4.69, 9.17) is 5.73 Å². The first-order valence-electron chi connectivity index (χ1n) is 7.21. The molecule has 5 heteroatoms. The summed E-state index contributed by atoms with van der Waals surface area (Å²) in [7, 11) is 0. The fraction of sp³-hybridized carbons (Fsp3) is 0.235. The summed E-state index contributed by atoms with van der Waals surface area (Å²) in [6, 6.07) is 17.2. The molecule has 0 aliphatic carbocycles. The summed E-state index contributed by atoms with van der Waals surface area (Å²) in [5.41, 5.74) is 8.39. The molecule has 0 spiro atoms. The number of carbonyl (C=O) groups is 1. The Balaban J connectivity index is 1.92. The molecule has 2 rings (SSSR count). The van der Waals surface area contributed by atoms with E-state index in [2.05, 4.69) is 23.3 Å². The maximum Gasteiger partial charge on any atom is 0.251 e. The first-order valence-corrected chi connectivity index (χ1v) is 7.85. The molecule has 1 amide bonds. The lowest BCUT2D eigenvalue weighted by Gasteiger charge is -2.12. The topological polar surface area (TPSA) is 67.1 Å². The third kappa shape index (κ3) is 5.09. The number of hydrogen-bond acceptors (Lipinski definition) is 4. The predicted molar refractivity (Wildman–Crippen MR) is 94.4 cm³/mol. The van der Waals surface area contributed by atoms with E-state index in [1.807, 2.05) is 48.5 Å². The molecule has 0 heterocycles. The molecule has 4 N–H and O–H groups in total. The van der Waals surface area contributed by atoms with Gasteiger partial charge in [-0.25, -0.2) is 0 Å². The summed E-state index contributed by atoms with van der Waals surface area (Å²) in [4.78, 5) is 12.2. The number of hydrogen-bond donors (Lipinski definition) is 4. The Bertz CT molecular complexity index is 604. The Labute approximate surface area is 136 Å². The fourth-order valence-corrected chi connectivity index (χ4v) is 2.09. The van der Waals surface area contributed by atoms with Gasteiger partial charge in [-0.15, -0.1) is 0 Å². The first-order chi connectivity index (χ1) is 10.7. The van der Waals surface area contributed by atoms with Crippen LogP contribution in [0.2, 0.25) is 0 Å². The molecule has 2 aromatic carbocycles. The Morgan fingerprint density at radius 1 is 1.14 bits per heavy atom. The second kappa shape index (κ2) is 8.46. The average Bonchev–Trinajstić information content (AvgIpc) is 2.58. The molecular weight excluding hydrogens is 294 g/mol. The molecule has 4 nitrogen and oxygen atoms in total. The molecule has 0 aliphatic rings. The van der Waals surface area contributed by atoms with Crippen LogP contribution in [0, 0.1) is 0 Å². The Morgan fingerprint density at radius 2 is 1.91 bits per heavy atom. The molecular formula is C17H21N3OS. The zero-order valence-corrected chi connectivity index (χ0v) is 13.2. The highest BCUT2D eigenvalue weighted by atomic mass is 32.1. The van der Waals surface area contributed by atoms with E-state index in [0.717, 1.165) is 11.3 Å². The molecule has 0 aromatic heterocycles. The Hall–Kier alpha value is -1.98. The van der Waals surface area contributed by atoms with Crippen LogP contribution in [0.15, 0.2) is 54.6 Å². The Morgan fingerprint density at radius 3 is 2.64 bits per heavy atom. The van der Waals surface area contributed by atoms with Gasteiger partial charge in [-0.3, -0.25) is 4.79 Å². The average molecular weight is 315 g/mol. The number of nitrogens with one attached hydrogen (secondary N) is 2. The lowest BCUT2D eigenvalue weighted by molar-refractivity contribution is 0.0951. The molecule has 0 aliphatic heterocycles. The number of benzene rings is 2. The first kappa shape index (κ1) is 16.4. The molecule has 1 atom stereocenters. The van der Waals surface area contributed by atoms with Crippen LogP contribution in [0.3, 0.4) is 0 Å². The van der Waals surface area contributed by atoms with Gasteiger partial charge >= 0.3 is 0 Å². The molecule has 0 saturated carbocycles. The summed E-state index contributed by atoms with van der Waals surface area (Å²) >= 11 is 4.15. The van der Waals surface area contributed by atoms with Crippen molar-refractivity contribution in [3.05, 3.63) is 65.7 Å². The van der Waals surface area contributed by atoms with Crippen LogP contribution >= 0.6 is 12.6 Å². The number of thiol groups is 1. The van der Waals surface area contributed by atoms with E-state index in [-0.39, 0.29) is 11.9 Å². The van der Waals surface area contributed by atoms with E-state index in [1.165, 1.54) is 0 Å². The predicted octanol–water partition coefficient (Wildman–Crippen LogP) is 2.29. The van der Waals surface area contributed by atoms with Gasteiger partial charge in [-0.1, -0.05) is 36.4 Å². The quantitative estimate of drug-likeness (QED) is 0.593. The van der Waals surface area contributed by atoms with Crippen molar-refractivity contribution in [1.29, 1.82) is 0 Å². The van der Waals surface area contributed by atoms with Crippen LogP contribution in [-0.2, 0) is 6.54 Å². The molecule has 0 bridgehead atoms. The van der Waals surface area contributed by atoms with E-state index in [0.29, 0.717) is 24.4 Å². The second-order valence-electron chi connectivity index (χ2n) is 5.07. The molecule has 0 saturated heterocycles. The normalized spacial score (nSPS) is 11.7. The van der Waals surface area contributed by atoms with Crippen LogP contribution in [0.4, 0.5) is 5.69 Å². The van der Waals surface area contributed by atoms with Crippen molar-refractivity contribution in [2.24, 2.45) is 5.73 Å². The molecule has 0 fully saturated rings. The van der Waals surface area contributed by atoms with Crippen molar-refractivity contribution in [1.82, 2.24) is 5.32 Å². The molecule has 2 aromatic rings. The van der Waals surface area contributed by atoms with Gasteiger partial charge in [0.15, 0.2) is 0 Å². The van der Waals surface area contributed by atoms with Gasteiger partial charge in [0.2, 0.25) is 0 Å². The Kier molecular flexibility index (Phi) is 6.30. The zero-order chi connectivity index (χ0) is 15.8. The summed E-state index contributed by atoms with van der Waals surface area (Å²) in [5, 5.41) is 6.13. The molecule has 0 unspecified atom stereocenters. The van der Waals surface area contributed by atoms with Gasteiger partial charge in [0, 0.05) is 36.1 Å². The van der Waals surface area contributed by atoms with E-state index >= 15 is 0 Å². The summed E-state index contributed by atoms with van der Waals surface area (Å²) in [5.74, 6) is 0.524. The van der Waals surface area contributed by atoms with Crippen molar-refractivity contribution in [2.45, 2.75) is 12.6 Å². The largest absolute Gasteiger partial charge is 0.383 e. The molecule has 116 valence electrons. The highest BCUT2D eigenvalue weighted by molar-refractivity contribution is 7.80. The zero-order valence-electron chi connectivity index (χ0n) is 12.3. The summed E-state index contributed by atoms with van der Waals surface area (Å²) in [6.45, 7) is 1.14. The minimum Gasteiger partial charge on any atom is -0.383 e. The lowest BCUT2D eigenvalue weighted by Crippen LogP contribution is -2.30. The van der Waals surface area contributed by atoms with Crippen LogP contribution in [0.25, 0.3) is 0 Å². The number of anilines is 1. The van der Waals surface area contributed by atoms with Crippen molar-refractivity contribution in [2.75, 3.05) is 17.6 Å². The lowest BCUT2D eigenvalue weighted by atomic mass is 10.1. The van der Waals surface area contributed by atoms with Gasteiger partial charge in [-0.05, 0) is 23.8 Å². The highest BCUT2D eigenvalue weighted by Crippen LogP contribution is 2.11. The van der Waals surface area contributed by atoms with Crippen LogP contribution < -0.4 is 16.4 Å². The number of nitrogens with two attached hydrogens (primary N) is 1. The maximum atomic E-state index is 12.2. The van der Waals surface area contributed by atoms with E-state index in [1.54, 1.807) is 6.07 Å². The number of rotatable bonds is 7. The van der Waals surface area contributed by atoms with Crippen LogP contribution in [0.1, 0.15) is 15.9 Å². The smallest absolute Gasteiger partial charge is 0.251 e. The number of carbonyl (C=O) groups excluding carboxylic acids is 1. The highest BCUT2D eigenvalue weighted by Gasteiger charge is 2.06. The van der Waals surface area contributed by atoms with E-state index in [9.17, 15) is 4.79 Å².